The van der Waals surface area contributed by atoms with Crippen molar-refractivity contribution in [2.24, 2.45) is 0 Å². The number of nitrogens with zero attached hydrogens (tertiary/aromatic N) is 2. The number of amides is 2. The number of ether oxygens (including phenoxy) is 1. The third-order valence-electron chi connectivity index (χ3n) is 7.17. The van der Waals surface area contributed by atoms with E-state index in [2.05, 4.69) is 27.7 Å². The molecule has 2 fully saturated rings. The standard InChI is InChI=1S/C26H32N4O3/c31-24(18-27-22(20-8-2-1-3-9-20)19-29-14-16-33-17-15-29)30-23-11-5-4-10-21(23)28-25(32)26(30)12-6-7-13-26/h1-5,8-11,22,27H,6-7,12-19H2,(H,28,32). The van der Waals surface area contributed by atoms with E-state index in [1.807, 2.05) is 42.5 Å². The van der Waals surface area contributed by atoms with Crippen LogP contribution in [-0.4, -0.2) is 61.6 Å². The van der Waals surface area contributed by atoms with Gasteiger partial charge in [0.1, 0.15) is 5.54 Å². The quantitative estimate of drug-likeness (QED) is 0.711. The summed E-state index contributed by atoms with van der Waals surface area (Å²) in [7, 11) is 0. The molecule has 1 atom stereocenters. The molecule has 1 unspecified atom stereocenters. The predicted octanol–water partition coefficient (Wildman–Crippen LogP) is 2.95. The lowest BCUT2D eigenvalue weighted by molar-refractivity contribution is -0.127. The maximum absolute atomic E-state index is 13.7. The second-order valence-electron chi connectivity index (χ2n) is 9.20. The molecule has 2 heterocycles. The van der Waals surface area contributed by atoms with Gasteiger partial charge in [-0.15, -0.1) is 0 Å². The predicted molar refractivity (Wildman–Crippen MR) is 128 cm³/mol. The third-order valence-corrected chi connectivity index (χ3v) is 7.17. The van der Waals surface area contributed by atoms with E-state index in [1.165, 1.54) is 0 Å². The van der Waals surface area contributed by atoms with Crippen molar-refractivity contribution in [3.05, 3.63) is 60.2 Å². The zero-order chi connectivity index (χ0) is 22.7. The number of para-hydroxylation sites is 2. The number of carbonyl (C=O) groups is 2. The molecule has 0 bridgehead atoms. The van der Waals surface area contributed by atoms with Gasteiger partial charge in [-0.05, 0) is 30.5 Å². The Bertz CT molecular complexity index is 984. The van der Waals surface area contributed by atoms with E-state index < -0.39 is 5.54 Å². The van der Waals surface area contributed by atoms with Crippen LogP contribution in [0.2, 0.25) is 0 Å². The Morgan fingerprint density at radius 1 is 1.03 bits per heavy atom. The Balaban J connectivity index is 1.38. The molecule has 0 radical (unpaired) electrons. The van der Waals surface area contributed by atoms with Gasteiger partial charge < -0.3 is 15.4 Å². The molecule has 5 rings (SSSR count). The summed E-state index contributed by atoms with van der Waals surface area (Å²) in [6, 6.07) is 17.9. The van der Waals surface area contributed by atoms with Gasteiger partial charge in [0.2, 0.25) is 5.91 Å². The molecule has 2 aliphatic heterocycles. The van der Waals surface area contributed by atoms with Crippen molar-refractivity contribution >= 4 is 23.2 Å². The monoisotopic (exact) mass is 448 g/mol. The van der Waals surface area contributed by atoms with E-state index >= 15 is 0 Å². The lowest BCUT2D eigenvalue weighted by Crippen LogP contribution is -2.62. The molecular weight excluding hydrogens is 416 g/mol. The molecule has 2 aromatic rings. The van der Waals surface area contributed by atoms with Gasteiger partial charge in [-0.1, -0.05) is 55.3 Å². The van der Waals surface area contributed by atoms with Crippen LogP contribution in [0.4, 0.5) is 11.4 Å². The summed E-state index contributed by atoms with van der Waals surface area (Å²) in [6.45, 7) is 4.24. The van der Waals surface area contributed by atoms with E-state index in [1.54, 1.807) is 4.90 Å². The number of morpholine rings is 1. The molecule has 7 nitrogen and oxygen atoms in total. The molecule has 2 amide bonds. The molecular formula is C26H32N4O3. The van der Waals surface area contributed by atoms with Crippen LogP contribution in [0.3, 0.4) is 0 Å². The fourth-order valence-electron chi connectivity index (χ4n) is 5.43. The summed E-state index contributed by atoms with van der Waals surface area (Å²) in [5.41, 5.74) is 1.89. The average Bonchev–Trinajstić information content (AvgIpc) is 3.34. The van der Waals surface area contributed by atoms with Crippen LogP contribution >= 0.6 is 0 Å². The van der Waals surface area contributed by atoms with Gasteiger partial charge in [0.05, 0.1) is 31.1 Å². The molecule has 33 heavy (non-hydrogen) atoms. The van der Waals surface area contributed by atoms with E-state index in [-0.39, 0.29) is 24.4 Å². The minimum Gasteiger partial charge on any atom is -0.379 e. The molecule has 2 aromatic carbocycles. The van der Waals surface area contributed by atoms with Crippen LogP contribution < -0.4 is 15.5 Å². The Kier molecular flexibility index (Phi) is 6.44. The van der Waals surface area contributed by atoms with Crippen LogP contribution in [-0.2, 0) is 14.3 Å². The fourth-order valence-corrected chi connectivity index (χ4v) is 5.43. The van der Waals surface area contributed by atoms with Crippen molar-refractivity contribution < 1.29 is 14.3 Å². The zero-order valence-corrected chi connectivity index (χ0v) is 19.0. The first-order chi connectivity index (χ1) is 16.2. The second-order valence-corrected chi connectivity index (χ2v) is 9.20. The highest BCUT2D eigenvalue weighted by Crippen LogP contribution is 2.45. The number of hydrogen-bond donors (Lipinski definition) is 2. The van der Waals surface area contributed by atoms with E-state index in [4.69, 9.17) is 4.74 Å². The minimum atomic E-state index is -0.778. The average molecular weight is 449 g/mol. The van der Waals surface area contributed by atoms with E-state index in [0.29, 0.717) is 18.5 Å². The second kappa shape index (κ2) is 9.63. The van der Waals surface area contributed by atoms with Crippen molar-refractivity contribution in [1.29, 1.82) is 0 Å². The van der Waals surface area contributed by atoms with Crippen LogP contribution in [0, 0.1) is 0 Å². The molecule has 7 heteroatoms. The Morgan fingerprint density at radius 3 is 2.48 bits per heavy atom. The smallest absolute Gasteiger partial charge is 0.250 e. The zero-order valence-electron chi connectivity index (χ0n) is 19.0. The number of nitrogens with one attached hydrogen (secondary N) is 2. The summed E-state index contributed by atoms with van der Waals surface area (Å²) in [5.74, 6) is -0.109. The van der Waals surface area contributed by atoms with Crippen LogP contribution in [0.25, 0.3) is 0 Å². The first kappa shape index (κ1) is 22.1. The summed E-state index contributed by atoms with van der Waals surface area (Å²) in [4.78, 5) is 31.1. The molecule has 1 spiro atoms. The lowest BCUT2D eigenvalue weighted by atomic mass is 9.89. The first-order valence-electron chi connectivity index (χ1n) is 12.0. The van der Waals surface area contributed by atoms with Crippen molar-refractivity contribution in [3.63, 3.8) is 0 Å². The maximum atomic E-state index is 13.7. The number of fused-ring (bicyclic) bond motifs is 1. The molecule has 0 aromatic heterocycles. The normalized spacial score (nSPS) is 21.0. The van der Waals surface area contributed by atoms with Crippen molar-refractivity contribution in [2.75, 3.05) is 49.6 Å². The lowest BCUT2D eigenvalue weighted by Gasteiger charge is -2.44. The number of rotatable bonds is 6. The number of anilines is 2. The summed E-state index contributed by atoms with van der Waals surface area (Å²) in [6.07, 6.45) is 3.32. The summed E-state index contributed by atoms with van der Waals surface area (Å²) in [5, 5.41) is 6.58. The first-order valence-corrected chi connectivity index (χ1v) is 12.0. The molecule has 1 saturated carbocycles. The van der Waals surface area contributed by atoms with Gasteiger partial charge in [-0.2, -0.15) is 0 Å². The van der Waals surface area contributed by atoms with Crippen molar-refractivity contribution in [2.45, 2.75) is 37.3 Å². The highest BCUT2D eigenvalue weighted by Gasteiger charge is 2.52. The Labute approximate surface area is 195 Å². The largest absolute Gasteiger partial charge is 0.379 e. The number of hydrogen-bond acceptors (Lipinski definition) is 5. The molecule has 3 aliphatic rings. The van der Waals surface area contributed by atoms with E-state index in [0.717, 1.165) is 56.9 Å². The van der Waals surface area contributed by atoms with Crippen LogP contribution in [0.1, 0.15) is 37.3 Å². The summed E-state index contributed by atoms with van der Waals surface area (Å²) < 4.78 is 5.50. The van der Waals surface area contributed by atoms with Crippen molar-refractivity contribution in [1.82, 2.24) is 10.2 Å². The third kappa shape index (κ3) is 4.40. The van der Waals surface area contributed by atoms with Gasteiger partial charge in [-0.3, -0.25) is 19.4 Å². The minimum absolute atomic E-state index is 0.0154. The van der Waals surface area contributed by atoms with Gasteiger partial charge >= 0.3 is 0 Å². The molecule has 174 valence electrons. The Hall–Kier alpha value is -2.74. The van der Waals surface area contributed by atoms with Gasteiger partial charge in [0, 0.05) is 25.7 Å². The molecule has 1 aliphatic carbocycles. The fraction of sp³-hybridized carbons (Fsp3) is 0.462. The van der Waals surface area contributed by atoms with Crippen LogP contribution in [0.15, 0.2) is 54.6 Å². The van der Waals surface area contributed by atoms with Crippen molar-refractivity contribution in [3.8, 4) is 0 Å². The highest BCUT2D eigenvalue weighted by atomic mass is 16.5. The van der Waals surface area contributed by atoms with Crippen LogP contribution in [0.5, 0.6) is 0 Å². The van der Waals surface area contributed by atoms with Gasteiger partial charge in [-0.25, -0.2) is 0 Å². The molecule has 1 saturated heterocycles. The number of benzene rings is 2. The van der Waals surface area contributed by atoms with E-state index in [9.17, 15) is 9.59 Å². The highest BCUT2D eigenvalue weighted by molar-refractivity contribution is 6.15. The molecule has 2 N–H and O–H groups in total. The van der Waals surface area contributed by atoms with Gasteiger partial charge in [0.15, 0.2) is 0 Å². The Morgan fingerprint density at radius 2 is 1.73 bits per heavy atom. The maximum Gasteiger partial charge on any atom is 0.250 e. The summed E-state index contributed by atoms with van der Waals surface area (Å²) >= 11 is 0. The number of carbonyl (C=O) groups excluding carboxylic acids is 2. The van der Waals surface area contributed by atoms with Gasteiger partial charge in [0.25, 0.3) is 5.91 Å². The SMILES string of the molecule is O=C(CNC(CN1CCOCC1)c1ccccc1)N1c2ccccc2NC(=O)C12CCCC2. The topological polar surface area (TPSA) is 73.9 Å².